The number of pyridine rings is 2. The number of phenols is 1. The van der Waals surface area contributed by atoms with Gasteiger partial charge in [-0.15, -0.1) is 0 Å². The van der Waals surface area contributed by atoms with Crippen LogP contribution in [-0.4, -0.2) is 75.4 Å². The van der Waals surface area contributed by atoms with Crippen molar-refractivity contribution in [1.29, 1.82) is 0 Å². The third-order valence-electron chi connectivity index (χ3n) is 9.17. The van der Waals surface area contributed by atoms with E-state index in [-0.39, 0.29) is 72.9 Å². The highest BCUT2D eigenvalue weighted by Gasteiger charge is 2.42. The van der Waals surface area contributed by atoms with Crippen molar-refractivity contribution in [2.75, 3.05) is 42.6 Å². The maximum atomic E-state index is 17.3. The van der Waals surface area contributed by atoms with Gasteiger partial charge in [0.15, 0.2) is 5.82 Å². The number of carbonyl (C=O) groups is 1. The summed E-state index contributed by atoms with van der Waals surface area (Å²) in [6.07, 6.45) is 2.82. The van der Waals surface area contributed by atoms with E-state index in [0.717, 1.165) is 18.2 Å². The van der Waals surface area contributed by atoms with Crippen molar-refractivity contribution in [3.63, 3.8) is 0 Å². The van der Waals surface area contributed by atoms with E-state index in [2.05, 4.69) is 11.6 Å². The van der Waals surface area contributed by atoms with Gasteiger partial charge in [-0.25, -0.2) is 13.2 Å². The summed E-state index contributed by atoms with van der Waals surface area (Å²) in [5, 5.41) is 20.7. The molecule has 12 heteroatoms. The molecule has 2 atom stereocenters. The zero-order chi connectivity index (χ0) is 33.9. The molecule has 2 aromatic carbocycles. The summed E-state index contributed by atoms with van der Waals surface area (Å²) in [4.78, 5) is 37.5. The second-order valence-electron chi connectivity index (χ2n) is 12.5. The maximum Gasteiger partial charge on any atom is 0.281 e. The average Bonchev–Trinajstić information content (AvgIpc) is 3.02. The fourth-order valence-electron chi connectivity index (χ4n) is 7.07. The summed E-state index contributed by atoms with van der Waals surface area (Å²) in [6.45, 7) is 11.4. The molecule has 0 aliphatic carbocycles. The van der Waals surface area contributed by atoms with Crippen molar-refractivity contribution in [2.45, 2.75) is 45.7 Å². The van der Waals surface area contributed by atoms with Crippen molar-refractivity contribution in [3.05, 3.63) is 88.2 Å². The Morgan fingerprint density at radius 1 is 1.09 bits per heavy atom. The number of piperazine rings is 1. The van der Waals surface area contributed by atoms with Crippen LogP contribution in [0.5, 0.6) is 5.75 Å². The molecule has 4 aromatic rings. The number of halogens is 3. The van der Waals surface area contributed by atoms with Gasteiger partial charge in [-0.05, 0) is 55.7 Å². The molecule has 2 aliphatic rings. The lowest BCUT2D eigenvalue weighted by Gasteiger charge is -2.51. The molecule has 6 rings (SSSR count). The lowest BCUT2D eigenvalue weighted by Crippen LogP contribution is -2.64. The number of anilines is 2. The highest BCUT2D eigenvalue weighted by atomic mass is 19.1. The fraction of sp³-hybridized carbons (Fsp3) is 0.343. The number of aliphatic hydroxyl groups is 1. The van der Waals surface area contributed by atoms with Crippen LogP contribution in [0.4, 0.5) is 24.5 Å². The molecule has 1 amide bonds. The normalized spacial score (nSPS) is 17.7. The molecular weight excluding hydrogens is 611 g/mol. The summed E-state index contributed by atoms with van der Waals surface area (Å²) >= 11 is 0. The highest BCUT2D eigenvalue weighted by Crippen LogP contribution is 2.46. The molecular formula is C35H36F3N5O4. The van der Waals surface area contributed by atoms with E-state index < -0.39 is 45.9 Å². The van der Waals surface area contributed by atoms with Crippen LogP contribution in [0, 0.1) is 24.4 Å². The first kappa shape index (κ1) is 32.1. The zero-order valence-electron chi connectivity index (χ0n) is 26.6. The van der Waals surface area contributed by atoms with Crippen molar-refractivity contribution >= 4 is 28.2 Å². The van der Waals surface area contributed by atoms with Crippen LogP contribution in [0.1, 0.15) is 37.9 Å². The molecule has 2 unspecified atom stereocenters. The van der Waals surface area contributed by atoms with Crippen molar-refractivity contribution in [3.8, 4) is 22.6 Å². The van der Waals surface area contributed by atoms with Crippen molar-refractivity contribution < 1.29 is 28.2 Å². The van der Waals surface area contributed by atoms with Gasteiger partial charge in [0.25, 0.3) is 5.56 Å². The number of nitrogens with zero attached hydrogens (tertiary/aromatic N) is 5. The first-order valence-electron chi connectivity index (χ1n) is 15.5. The number of aryl methyl sites for hydroxylation is 1. The Kier molecular flexibility index (Phi) is 8.25. The lowest BCUT2D eigenvalue weighted by atomic mass is 9.95. The predicted octanol–water partition coefficient (Wildman–Crippen LogP) is 5.01. The Balaban J connectivity index is 1.79. The third kappa shape index (κ3) is 5.02. The molecule has 1 fully saturated rings. The minimum absolute atomic E-state index is 0.0375. The Morgan fingerprint density at radius 2 is 1.83 bits per heavy atom. The van der Waals surface area contributed by atoms with E-state index in [1.54, 1.807) is 29.0 Å². The van der Waals surface area contributed by atoms with Gasteiger partial charge in [-0.3, -0.25) is 19.1 Å². The lowest BCUT2D eigenvalue weighted by molar-refractivity contribution is -0.128. The van der Waals surface area contributed by atoms with Crippen LogP contribution >= 0.6 is 0 Å². The molecule has 0 bridgehead atoms. The van der Waals surface area contributed by atoms with E-state index >= 15 is 13.2 Å². The van der Waals surface area contributed by atoms with Gasteiger partial charge in [0.05, 0.1) is 46.4 Å². The summed E-state index contributed by atoms with van der Waals surface area (Å²) in [7, 11) is 0. The molecule has 2 N–H and O–H groups in total. The minimum atomic E-state index is -1.23. The minimum Gasteiger partial charge on any atom is -0.507 e. The van der Waals surface area contributed by atoms with Gasteiger partial charge in [0, 0.05) is 43.8 Å². The number of aromatic nitrogens is 2. The topological polar surface area (TPSA) is 102 Å². The Bertz CT molecular complexity index is 1970. The second kappa shape index (κ2) is 12.1. The third-order valence-corrected chi connectivity index (χ3v) is 9.17. The molecule has 0 spiro atoms. The Morgan fingerprint density at radius 3 is 2.49 bits per heavy atom. The highest BCUT2D eigenvalue weighted by molar-refractivity contribution is 6.03. The van der Waals surface area contributed by atoms with Crippen LogP contribution in [-0.2, 0) is 4.79 Å². The SMILES string of the molecule is C=CC(=O)N1CC2CN(CCO)c3c(c4cc(F)c(-c5c(O)cccc5F)c(F)c4n(-c4c(C)ccnc4C(C)C)c3=O)N2CC1C. The quantitative estimate of drug-likeness (QED) is 0.284. The van der Waals surface area contributed by atoms with Gasteiger partial charge in [0.2, 0.25) is 5.91 Å². The predicted molar refractivity (Wildman–Crippen MR) is 175 cm³/mol. The number of hydrogen-bond acceptors (Lipinski definition) is 7. The standard InChI is InChI=1S/C35H36F3N5O4/c1-6-26(46)41-17-21-16-40(12-13-44)34-33(42(21)15-20(41)5)22-14-24(37)28(27-23(36)8-7-9-25(27)45)29(38)32(22)43(35(34)47)31-19(4)10-11-39-30(31)18(2)3/h6-11,14,18,20-21,44-45H,1,12-13,15-17H2,2-5H3. The number of aliphatic hydroxyl groups excluding tert-OH is 1. The smallest absolute Gasteiger partial charge is 0.281 e. The summed E-state index contributed by atoms with van der Waals surface area (Å²) in [5.74, 6) is -4.56. The van der Waals surface area contributed by atoms with E-state index in [1.165, 1.54) is 16.7 Å². The number of benzene rings is 2. The number of hydrogen-bond donors (Lipinski definition) is 2. The zero-order valence-corrected chi connectivity index (χ0v) is 26.6. The van der Waals surface area contributed by atoms with Crippen molar-refractivity contribution in [1.82, 2.24) is 14.5 Å². The van der Waals surface area contributed by atoms with Gasteiger partial charge < -0.3 is 24.9 Å². The molecule has 47 heavy (non-hydrogen) atoms. The molecule has 246 valence electrons. The number of β-amino-alcohol motifs (C(OH)–C–C–N with tert-alkyl or cyclic N) is 1. The van der Waals surface area contributed by atoms with Gasteiger partial charge in [0.1, 0.15) is 23.1 Å². The molecule has 9 nitrogen and oxygen atoms in total. The number of rotatable bonds is 6. The molecule has 2 aliphatic heterocycles. The van der Waals surface area contributed by atoms with Crippen LogP contribution < -0.4 is 15.4 Å². The summed E-state index contributed by atoms with van der Waals surface area (Å²) < 4.78 is 49.9. The molecule has 0 radical (unpaired) electrons. The number of aromatic hydroxyl groups is 1. The van der Waals surface area contributed by atoms with Gasteiger partial charge >= 0.3 is 0 Å². The van der Waals surface area contributed by atoms with Crippen molar-refractivity contribution in [2.24, 2.45) is 0 Å². The fourth-order valence-corrected chi connectivity index (χ4v) is 7.07. The van der Waals surface area contributed by atoms with E-state index in [1.807, 2.05) is 25.7 Å². The van der Waals surface area contributed by atoms with Crippen LogP contribution in [0.3, 0.4) is 0 Å². The van der Waals surface area contributed by atoms with Gasteiger partial charge in [-0.1, -0.05) is 26.5 Å². The van der Waals surface area contributed by atoms with Gasteiger partial charge in [-0.2, -0.15) is 0 Å². The van der Waals surface area contributed by atoms with E-state index in [0.29, 0.717) is 16.9 Å². The first-order valence-corrected chi connectivity index (χ1v) is 15.5. The molecule has 0 saturated carbocycles. The maximum absolute atomic E-state index is 17.3. The Labute approximate surface area is 269 Å². The van der Waals surface area contributed by atoms with E-state index in [4.69, 9.17) is 0 Å². The summed E-state index contributed by atoms with van der Waals surface area (Å²) in [6, 6.07) is 5.35. The molecule has 2 aromatic heterocycles. The number of carbonyl (C=O) groups excluding carboxylic acids is 1. The number of phenolic OH excluding ortho intramolecular Hbond substituents is 1. The number of fused-ring (bicyclic) bond motifs is 5. The van der Waals surface area contributed by atoms with Crippen LogP contribution in [0.15, 0.2) is 54.0 Å². The average molecular weight is 648 g/mol. The monoisotopic (exact) mass is 647 g/mol. The largest absolute Gasteiger partial charge is 0.507 e. The second-order valence-corrected chi connectivity index (χ2v) is 12.5. The van der Waals surface area contributed by atoms with Crippen LogP contribution in [0.25, 0.3) is 27.7 Å². The molecule has 4 heterocycles. The van der Waals surface area contributed by atoms with Crippen LogP contribution in [0.2, 0.25) is 0 Å². The summed E-state index contributed by atoms with van der Waals surface area (Å²) in [5.41, 5.74) is -0.665. The first-order chi connectivity index (χ1) is 22.4. The Hall–Kier alpha value is -4.84. The molecule has 1 saturated heterocycles. The number of amides is 1. The van der Waals surface area contributed by atoms with E-state index in [9.17, 15) is 19.8 Å².